The molecule has 0 aromatic rings. The molecule has 45 atom stereocenters. The third kappa shape index (κ3) is 15.6. The van der Waals surface area contributed by atoms with Crippen LogP contribution in [0.1, 0.15) is 120 Å². The first-order valence-electron chi connectivity index (χ1n) is 39.4. The summed E-state index contributed by atoms with van der Waals surface area (Å²) in [6, 6.07) is 0. The summed E-state index contributed by atoms with van der Waals surface area (Å²) in [6.45, 7) is 12.1. The molecule has 0 bridgehead atoms. The smallest absolute Gasteiger partial charge is 0.315 e. The van der Waals surface area contributed by atoms with E-state index in [2.05, 4.69) is 40.7 Å². The molecule has 4 saturated carbocycles. The number of fused-ring (bicyclic) bond motifs is 7. The lowest BCUT2D eigenvalue weighted by Crippen LogP contribution is -2.67. The number of esters is 1. The van der Waals surface area contributed by atoms with E-state index in [0.29, 0.717) is 64.2 Å². The average molecular weight is 1620 g/mol. The number of aliphatic hydroxyl groups excluding tert-OH is 21. The number of allylic oxidation sites excluding steroid dienone is 2. The van der Waals surface area contributed by atoms with Crippen molar-refractivity contribution in [2.45, 2.75) is 347 Å². The van der Waals surface area contributed by atoms with Gasteiger partial charge in [0.1, 0.15) is 153 Å². The van der Waals surface area contributed by atoms with E-state index >= 15 is 4.79 Å². The highest BCUT2D eigenvalue weighted by atomic mass is 16.8. The molecule has 13 aliphatic rings. The van der Waals surface area contributed by atoms with Gasteiger partial charge in [0.15, 0.2) is 50.1 Å². The minimum atomic E-state index is -2.04. The van der Waals surface area contributed by atoms with Crippen LogP contribution in [-0.4, -0.2) is 387 Å². The van der Waals surface area contributed by atoms with E-state index in [1.54, 1.807) is 0 Å². The number of ether oxygens (including phenoxy) is 16. The Morgan fingerprint density at radius 2 is 0.955 bits per heavy atom. The summed E-state index contributed by atoms with van der Waals surface area (Å²) in [6.07, 6.45) is -53.9. The Balaban J connectivity index is 0.701. The van der Waals surface area contributed by atoms with Crippen LogP contribution < -0.4 is 0 Å². The first-order chi connectivity index (χ1) is 52.7. The Hall–Kier alpha value is -2.23. The van der Waals surface area contributed by atoms with Crippen LogP contribution in [0.25, 0.3) is 0 Å². The largest absolute Gasteiger partial charge is 0.432 e. The molecule has 112 heavy (non-hydrogen) atoms. The van der Waals surface area contributed by atoms with E-state index in [-0.39, 0.29) is 23.9 Å². The molecular weight excluding hydrogens is 1500 g/mol. The van der Waals surface area contributed by atoms with Gasteiger partial charge < -0.3 is 183 Å². The van der Waals surface area contributed by atoms with E-state index < -0.39 is 306 Å². The Labute approximate surface area is 646 Å². The maximum Gasteiger partial charge on any atom is 0.315 e. The summed E-state index contributed by atoms with van der Waals surface area (Å²) in [5, 5.41) is 231. The summed E-state index contributed by atoms with van der Waals surface area (Å²) in [5.74, 6) is -1.37. The third-order valence-corrected chi connectivity index (χ3v) is 28.4. The van der Waals surface area contributed by atoms with Crippen LogP contribution in [0.15, 0.2) is 11.6 Å². The van der Waals surface area contributed by atoms with Crippen molar-refractivity contribution in [1.29, 1.82) is 0 Å². The van der Waals surface area contributed by atoms with Gasteiger partial charge in [0.25, 0.3) is 0 Å². The van der Waals surface area contributed by atoms with Crippen molar-refractivity contribution in [2.75, 3.05) is 46.2 Å². The van der Waals surface area contributed by atoms with Crippen molar-refractivity contribution in [1.82, 2.24) is 0 Å². The molecule has 0 spiro atoms. The number of hydrogen-bond acceptors (Lipinski definition) is 38. The van der Waals surface area contributed by atoms with Crippen molar-refractivity contribution in [3.63, 3.8) is 0 Å². The molecule has 21 N–H and O–H groups in total. The zero-order chi connectivity index (χ0) is 81.3. The molecule has 644 valence electrons. The lowest BCUT2D eigenvalue weighted by molar-refractivity contribution is -0.382. The van der Waals surface area contributed by atoms with Gasteiger partial charge >= 0.3 is 5.97 Å². The minimum Gasteiger partial charge on any atom is -0.432 e. The van der Waals surface area contributed by atoms with Gasteiger partial charge in [-0.3, -0.25) is 4.79 Å². The van der Waals surface area contributed by atoms with E-state index in [9.17, 15) is 107 Å². The van der Waals surface area contributed by atoms with Gasteiger partial charge in [0.05, 0.1) is 70.0 Å². The predicted molar refractivity (Wildman–Crippen MR) is 368 cm³/mol. The van der Waals surface area contributed by atoms with Crippen LogP contribution in [0.3, 0.4) is 0 Å². The number of carbonyl (C=O) groups is 1. The zero-order valence-corrected chi connectivity index (χ0v) is 64.0. The van der Waals surface area contributed by atoms with Crippen molar-refractivity contribution >= 4 is 5.97 Å². The number of aliphatic hydroxyl groups is 21. The zero-order valence-electron chi connectivity index (χ0n) is 64.0. The van der Waals surface area contributed by atoms with Crippen molar-refractivity contribution in [3.05, 3.63) is 11.6 Å². The monoisotopic (exact) mass is 1620 g/mol. The lowest BCUT2D eigenvalue weighted by Gasteiger charge is -2.71. The Morgan fingerprint density at radius 3 is 1.60 bits per heavy atom. The summed E-state index contributed by atoms with van der Waals surface area (Å²) in [7, 11) is 0. The standard InChI is InChI=1S/C74H120O38/c1-27-40(80)47(87)53(93)64(102-27)108-56-34(20-75)104-61(54(94)49(56)89)100-24-35-45(85)48(88)59(110-62-51(91)43(83)32(78)22-98-62)67(106-35)112-68(96)74-17-15-69(3,4)19-30(74)29-9-10-38-70(5)13-12-39(71(6,26-76)37(70)11-14-73(38,8)72(29,7)16-18-74)107-66-58(44(84)33(79)23-99-66)111-65-55(95)57(41(81)28(2)103-65)109-63-52(92)46(86)36(25-101-63)105-60-50(90)42(82)31(77)21-97-60/h9,27-28,30-67,75-95H,10-26H2,1-8H3/t27-,28-,30-,31+,32-,33-,34+,35+,36+,37+,38+,39-,40-,41-,42-,43-,44-,45+,46-,47+,48-,49+,50+,51+,52+,53+,54+,55+,56+,57+,58+,59+,60-,61+,62-,63-,64-,65-,66-,67-,70-,71-,72+,73+,74-/m0/s1. The van der Waals surface area contributed by atoms with Gasteiger partial charge in [0, 0.05) is 5.41 Å². The molecule has 0 radical (unpaired) electrons. The van der Waals surface area contributed by atoms with Gasteiger partial charge in [-0.1, -0.05) is 53.2 Å². The normalized spacial score (nSPS) is 55.3. The Morgan fingerprint density at radius 1 is 0.438 bits per heavy atom. The number of carbonyl (C=O) groups excluding carboxylic acids is 1. The van der Waals surface area contributed by atoms with E-state index in [0.717, 1.165) is 5.57 Å². The second kappa shape index (κ2) is 33.6. The van der Waals surface area contributed by atoms with Gasteiger partial charge in [0.2, 0.25) is 6.29 Å². The molecule has 13 rings (SSSR count). The molecule has 8 aliphatic heterocycles. The Bertz CT molecular complexity index is 3200. The highest BCUT2D eigenvalue weighted by Crippen LogP contribution is 2.76. The van der Waals surface area contributed by atoms with Crippen molar-refractivity contribution in [3.8, 4) is 0 Å². The second-order valence-electron chi connectivity index (χ2n) is 35.6. The summed E-state index contributed by atoms with van der Waals surface area (Å²) in [5.41, 5.74) is -2.88. The SMILES string of the molecule is C[C@@H]1O[C@@H](O[C@H]2[C@H](O)[C@@H](O)[C@H](OC[C@H]3O[C@@H](OC(=O)[C@]45CCC(C)(C)C[C@H]4C4=CC[C@@H]6[C@@]7(C)CC[C@H](O[C@@H]8OC[C@H](O)[C@H](O)[C@H]8O[C@@H]8O[C@@H](C)[C@H](O)[C@@H](O[C@@H]9OC[C@@H](O[C@@H]%10OC[C@@H](O)[C@H](O)[C@H]%10O)[C@H](O)[C@H]9O)[C@H]8O)[C@@](C)(CO)[C@@H]7CC[C@@]6(C)[C@]4(C)CC5)[C@H](O[C@@H]4OC[C@H](O)[C@H](O)[C@H]4O)[C@@H](O)[C@@H]3O)O[C@@H]2CO)[C@H](O)[C@H](O)[C@H]1O. The topological polar surface area (TPSA) is 590 Å². The summed E-state index contributed by atoms with van der Waals surface area (Å²) in [4.78, 5) is 15.9. The lowest BCUT2D eigenvalue weighted by atomic mass is 9.33. The van der Waals surface area contributed by atoms with Crippen LogP contribution in [-0.2, 0) is 80.6 Å². The molecule has 0 amide bonds. The van der Waals surface area contributed by atoms with Crippen LogP contribution in [0, 0.1) is 50.2 Å². The van der Waals surface area contributed by atoms with Gasteiger partial charge in [-0.15, -0.1) is 0 Å². The van der Waals surface area contributed by atoms with E-state index in [1.165, 1.54) is 13.8 Å². The van der Waals surface area contributed by atoms with E-state index in [1.807, 2.05) is 6.92 Å². The highest BCUT2D eigenvalue weighted by Gasteiger charge is 2.71. The minimum absolute atomic E-state index is 0.00818. The fourth-order valence-corrected chi connectivity index (χ4v) is 21.1. The van der Waals surface area contributed by atoms with E-state index in [4.69, 9.17) is 75.8 Å². The molecule has 0 aromatic heterocycles. The van der Waals surface area contributed by atoms with Crippen molar-refractivity contribution < 1.29 is 188 Å². The fourth-order valence-electron chi connectivity index (χ4n) is 21.1. The van der Waals surface area contributed by atoms with Gasteiger partial charge in [-0.05, 0) is 117 Å². The maximum atomic E-state index is 15.9. The highest BCUT2D eigenvalue weighted by molar-refractivity contribution is 5.79. The first kappa shape index (κ1) is 87.6. The van der Waals surface area contributed by atoms with Crippen LogP contribution in [0.4, 0.5) is 0 Å². The molecule has 0 aromatic carbocycles. The van der Waals surface area contributed by atoms with Gasteiger partial charge in [-0.2, -0.15) is 0 Å². The van der Waals surface area contributed by atoms with Crippen LogP contribution >= 0.6 is 0 Å². The molecule has 38 heteroatoms. The molecule has 5 aliphatic carbocycles. The van der Waals surface area contributed by atoms with Crippen LogP contribution in [0.5, 0.6) is 0 Å². The third-order valence-electron chi connectivity index (χ3n) is 28.4. The second-order valence-corrected chi connectivity index (χ2v) is 35.6. The quantitative estimate of drug-likeness (QED) is 0.0325. The first-order valence-corrected chi connectivity index (χ1v) is 39.4. The molecule has 8 heterocycles. The number of hydrogen-bond donors (Lipinski definition) is 21. The number of rotatable bonds is 19. The Kier molecular flexibility index (Phi) is 26.3. The van der Waals surface area contributed by atoms with Gasteiger partial charge in [-0.25, -0.2) is 0 Å². The molecule has 38 nitrogen and oxygen atoms in total. The molecule has 12 fully saturated rings. The molecular formula is C74H120O38. The van der Waals surface area contributed by atoms with Crippen molar-refractivity contribution in [2.24, 2.45) is 50.2 Å². The maximum absolute atomic E-state index is 15.9. The van der Waals surface area contributed by atoms with Crippen LogP contribution in [0.2, 0.25) is 0 Å². The summed E-state index contributed by atoms with van der Waals surface area (Å²) < 4.78 is 95.4. The molecule has 8 saturated heterocycles. The fraction of sp³-hybridized carbons (Fsp3) is 0.959. The average Bonchev–Trinajstić information content (AvgIpc) is 0.673. The summed E-state index contributed by atoms with van der Waals surface area (Å²) >= 11 is 0. The molecule has 0 unspecified atom stereocenters. The predicted octanol–water partition coefficient (Wildman–Crippen LogP) is -7.15.